The SMILES string of the molecule is O=C1c2ccccc2C(=O)N1CCCCn1nnc2sc3c(c2c1=O)CCCC3. The van der Waals surface area contributed by atoms with Gasteiger partial charge in [-0.3, -0.25) is 19.3 Å². The number of amides is 2. The first-order valence-corrected chi connectivity index (χ1v) is 10.8. The van der Waals surface area contributed by atoms with Gasteiger partial charge in [0.1, 0.15) is 0 Å². The van der Waals surface area contributed by atoms with Crippen molar-refractivity contribution in [1.82, 2.24) is 19.9 Å². The standard InChI is InChI=1S/C21H20N4O3S/c26-19-13-7-1-2-8-14(13)20(27)24(19)11-5-6-12-25-21(28)17-15-9-3-4-10-16(15)29-18(17)22-23-25/h1-2,7-8H,3-6,9-12H2. The van der Waals surface area contributed by atoms with Gasteiger partial charge in [0.05, 0.1) is 16.5 Å². The van der Waals surface area contributed by atoms with E-state index in [1.807, 2.05) is 0 Å². The number of hydrogen-bond acceptors (Lipinski definition) is 6. The molecule has 8 heteroatoms. The number of nitrogens with zero attached hydrogens (tertiary/aromatic N) is 4. The summed E-state index contributed by atoms with van der Waals surface area (Å²) in [6.45, 7) is 0.764. The zero-order chi connectivity index (χ0) is 20.0. The zero-order valence-corrected chi connectivity index (χ0v) is 16.7. The van der Waals surface area contributed by atoms with E-state index in [9.17, 15) is 14.4 Å². The third kappa shape index (κ3) is 2.98. The first-order chi connectivity index (χ1) is 14.1. The Hall–Kier alpha value is -2.87. The fourth-order valence-electron chi connectivity index (χ4n) is 4.23. The Morgan fingerprint density at radius 1 is 0.931 bits per heavy atom. The van der Waals surface area contributed by atoms with Crippen molar-refractivity contribution in [3.8, 4) is 0 Å². The molecule has 0 atom stereocenters. The van der Waals surface area contributed by atoms with Crippen molar-refractivity contribution >= 4 is 33.4 Å². The predicted octanol–water partition coefficient (Wildman–Crippen LogP) is 2.81. The van der Waals surface area contributed by atoms with Crippen LogP contribution < -0.4 is 5.56 Å². The number of thiophene rings is 1. The van der Waals surface area contributed by atoms with E-state index in [4.69, 9.17) is 0 Å². The maximum absolute atomic E-state index is 12.9. The molecule has 1 aliphatic heterocycles. The number of aryl methyl sites for hydroxylation is 3. The summed E-state index contributed by atoms with van der Waals surface area (Å²) in [5.41, 5.74) is 2.02. The molecule has 0 radical (unpaired) electrons. The van der Waals surface area contributed by atoms with Crippen molar-refractivity contribution in [3.05, 3.63) is 56.2 Å². The van der Waals surface area contributed by atoms with Crippen molar-refractivity contribution in [2.75, 3.05) is 6.54 Å². The van der Waals surface area contributed by atoms with Gasteiger partial charge in [-0.15, -0.1) is 16.4 Å². The van der Waals surface area contributed by atoms with Crippen LogP contribution in [-0.4, -0.2) is 38.3 Å². The van der Waals surface area contributed by atoms with Crippen LogP contribution >= 0.6 is 11.3 Å². The first kappa shape index (κ1) is 18.2. The van der Waals surface area contributed by atoms with E-state index in [1.54, 1.807) is 35.6 Å². The fraction of sp³-hybridized carbons (Fsp3) is 0.381. The number of unbranched alkanes of at least 4 members (excludes halogenated alkanes) is 1. The molecule has 0 saturated heterocycles. The number of rotatable bonds is 5. The van der Waals surface area contributed by atoms with Crippen molar-refractivity contribution in [2.24, 2.45) is 0 Å². The molecule has 0 bridgehead atoms. The van der Waals surface area contributed by atoms with Gasteiger partial charge in [-0.2, -0.15) is 0 Å². The molecular weight excluding hydrogens is 388 g/mol. The lowest BCUT2D eigenvalue weighted by Gasteiger charge is -2.13. The Kier molecular flexibility index (Phi) is 4.50. The zero-order valence-electron chi connectivity index (χ0n) is 15.9. The van der Waals surface area contributed by atoms with Crippen LogP contribution in [0.15, 0.2) is 29.1 Å². The highest BCUT2D eigenvalue weighted by Gasteiger charge is 2.34. The molecule has 1 aromatic carbocycles. The van der Waals surface area contributed by atoms with E-state index < -0.39 is 0 Å². The summed E-state index contributed by atoms with van der Waals surface area (Å²) in [5.74, 6) is -0.484. The Morgan fingerprint density at radius 2 is 1.62 bits per heavy atom. The van der Waals surface area contributed by atoms with E-state index in [0.29, 0.717) is 37.1 Å². The fourth-order valence-corrected chi connectivity index (χ4v) is 5.42. The Labute approximate surface area is 170 Å². The van der Waals surface area contributed by atoms with E-state index >= 15 is 0 Å². The van der Waals surface area contributed by atoms with Gasteiger partial charge >= 0.3 is 0 Å². The second-order valence-corrected chi connectivity index (χ2v) is 8.61. The van der Waals surface area contributed by atoms with E-state index in [1.165, 1.54) is 20.9 Å². The van der Waals surface area contributed by atoms with Crippen molar-refractivity contribution < 1.29 is 9.59 Å². The molecule has 0 N–H and O–H groups in total. The number of hydrogen-bond donors (Lipinski definition) is 0. The van der Waals surface area contributed by atoms with Crippen LogP contribution in [0.2, 0.25) is 0 Å². The highest BCUT2D eigenvalue weighted by molar-refractivity contribution is 7.18. The van der Waals surface area contributed by atoms with Crippen LogP contribution in [0, 0.1) is 0 Å². The number of benzene rings is 1. The quantitative estimate of drug-likeness (QED) is 0.479. The third-order valence-corrected chi connectivity index (χ3v) is 6.90. The summed E-state index contributed by atoms with van der Waals surface area (Å²) in [4.78, 5) is 41.0. The number of fused-ring (bicyclic) bond motifs is 4. The molecule has 3 heterocycles. The summed E-state index contributed by atoms with van der Waals surface area (Å²) in [6.07, 6.45) is 5.49. The number of aromatic nitrogens is 3. The van der Waals surface area contributed by atoms with E-state index in [2.05, 4.69) is 10.3 Å². The molecule has 2 aliphatic rings. The van der Waals surface area contributed by atoms with Gasteiger partial charge in [-0.25, -0.2) is 4.68 Å². The highest BCUT2D eigenvalue weighted by Crippen LogP contribution is 2.33. The monoisotopic (exact) mass is 408 g/mol. The lowest BCUT2D eigenvalue weighted by atomic mass is 9.97. The van der Waals surface area contributed by atoms with E-state index in [-0.39, 0.29) is 17.4 Å². The van der Waals surface area contributed by atoms with Crippen molar-refractivity contribution in [1.29, 1.82) is 0 Å². The molecule has 5 rings (SSSR count). The van der Waals surface area contributed by atoms with Crippen LogP contribution in [0.25, 0.3) is 10.2 Å². The lowest BCUT2D eigenvalue weighted by Crippen LogP contribution is -2.31. The maximum atomic E-state index is 12.9. The Bertz CT molecular complexity index is 1160. The number of imide groups is 1. The summed E-state index contributed by atoms with van der Waals surface area (Å²) in [5, 5.41) is 9.10. The smallest absolute Gasteiger partial charge is 0.274 e. The summed E-state index contributed by atoms with van der Waals surface area (Å²) in [7, 11) is 0. The molecule has 2 aromatic heterocycles. The molecule has 1 aliphatic carbocycles. The number of carbonyl (C=O) groups is 2. The first-order valence-electron chi connectivity index (χ1n) is 9.98. The molecular formula is C21H20N4O3S. The minimum absolute atomic E-state index is 0.0740. The van der Waals surface area contributed by atoms with Crippen LogP contribution in [-0.2, 0) is 19.4 Å². The average molecular weight is 408 g/mol. The van der Waals surface area contributed by atoms with E-state index in [0.717, 1.165) is 35.0 Å². The van der Waals surface area contributed by atoms with Crippen LogP contribution in [0.1, 0.15) is 56.8 Å². The maximum Gasteiger partial charge on any atom is 0.278 e. The van der Waals surface area contributed by atoms with Gasteiger partial charge in [0, 0.05) is 18.0 Å². The normalized spacial score (nSPS) is 15.8. The predicted molar refractivity (Wildman–Crippen MR) is 109 cm³/mol. The van der Waals surface area contributed by atoms with Crippen LogP contribution in [0.3, 0.4) is 0 Å². The molecule has 0 saturated carbocycles. The molecule has 148 valence electrons. The molecule has 0 spiro atoms. The van der Waals surface area contributed by atoms with Gasteiger partial charge in [0.2, 0.25) is 0 Å². The second kappa shape index (κ2) is 7.18. The molecule has 0 fully saturated rings. The largest absolute Gasteiger partial charge is 0.278 e. The average Bonchev–Trinajstić information content (AvgIpc) is 3.24. The molecule has 29 heavy (non-hydrogen) atoms. The number of carbonyl (C=O) groups excluding carboxylic acids is 2. The summed E-state index contributed by atoms with van der Waals surface area (Å²) >= 11 is 1.59. The minimum atomic E-state index is -0.242. The van der Waals surface area contributed by atoms with Gasteiger partial charge in [0.25, 0.3) is 17.4 Å². The molecule has 0 unspecified atom stereocenters. The topological polar surface area (TPSA) is 85.2 Å². The minimum Gasteiger partial charge on any atom is -0.274 e. The van der Waals surface area contributed by atoms with Crippen LogP contribution in [0.4, 0.5) is 0 Å². The Balaban J connectivity index is 1.26. The van der Waals surface area contributed by atoms with Crippen molar-refractivity contribution in [3.63, 3.8) is 0 Å². The molecule has 2 amide bonds. The van der Waals surface area contributed by atoms with Gasteiger partial charge < -0.3 is 0 Å². The van der Waals surface area contributed by atoms with Gasteiger partial charge in [-0.1, -0.05) is 17.3 Å². The van der Waals surface area contributed by atoms with Crippen LogP contribution in [0.5, 0.6) is 0 Å². The van der Waals surface area contributed by atoms with Gasteiger partial charge in [0.15, 0.2) is 4.83 Å². The second-order valence-electron chi connectivity index (χ2n) is 7.52. The summed E-state index contributed by atoms with van der Waals surface area (Å²) in [6, 6.07) is 6.89. The highest BCUT2D eigenvalue weighted by atomic mass is 32.1. The third-order valence-electron chi connectivity index (χ3n) is 5.72. The lowest BCUT2D eigenvalue weighted by molar-refractivity contribution is 0.0651. The van der Waals surface area contributed by atoms with Gasteiger partial charge in [-0.05, 0) is 56.2 Å². The Morgan fingerprint density at radius 3 is 2.38 bits per heavy atom. The molecule has 3 aromatic rings. The molecule has 7 nitrogen and oxygen atoms in total. The van der Waals surface area contributed by atoms with Crippen molar-refractivity contribution in [2.45, 2.75) is 45.1 Å². The summed E-state index contributed by atoms with van der Waals surface area (Å²) < 4.78 is 1.42.